The highest BCUT2D eigenvalue weighted by Crippen LogP contribution is 2.39. The van der Waals surface area contributed by atoms with Crippen LogP contribution in [-0.2, 0) is 0 Å². The van der Waals surface area contributed by atoms with E-state index in [1.807, 2.05) is 0 Å². The van der Waals surface area contributed by atoms with E-state index in [4.69, 9.17) is 0 Å². The van der Waals surface area contributed by atoms with E-state index in [0.29, 0.717) is 5.41 Å². The summed E-state index contributed by atoms with van der Waals surface area (Å²) in [6, 6.07) is 0. The van der Waals surface area contributed by atoms with Crippen molar-refractivity contribution in [1.82, 2.24) is 5.32 Å². The van der Waals surface area contributed by atoms with Crippen LogP contribution in [-0.4, -0.2) is 13.1 Å². The van der Waals surface area contributed by atoms with Crippen LogP contribution in [0.15, 0.2) is 0 Å². The van der Waals surface area contributed by atoms with Gasteiger partial charge in [-0.25, -0.2) is 0 Å². The topological polar surface area (TPSA) is 12.0 Å². The van der Waals surface area contributed by atoms with Gasteiger partial charge in [0.15, 0.2) is 0 Å². The van der Waals surface area contributed by atoms with Crippen molar-refractivity contribution in [2.75, 3.05) is 13.1 Å². The van der Waals surface area contributed by atoms with Crippen molar-refractivity contribution in [2.24, 2.45) is 11.3 Å². The zero-order valence-electron chi connectivity index (χ0n) is 9.65. The molecule has 1 heteroatoms. The Hall–Kier alpha value is -0.0400. The lowest BCUT2D eigenvalue weighted by atomic mass is 9.70. The van der Waals surface area contributed by atoms with E-state index in [2.05, 4.69) is 12.2 Å². The molecule has 0 bridgehead atoms. The SMILES string of the molecule is CC1(CNCC2CCCCC2)CCC1. The largest absolute Gasteiger partial charge is 0.316 e. The summed E-state index contributed by atoms with van der Waals surface area (Å²) in [5.74, 6) is 0.993. The summed E-state index contributed by atoms with van der Waals surface area (Å²) in [5.41, 5.74) is 0.661. The normalized spacial score (nSPS) is 27.2. The summed E-state index contributed by atoms with van der Waals surface area (Å²) >= 11 is 0. The van der Waals surface area contributed by atoms with E-state index in [1.165, 1.54) is 64.5 Å². The van der Waals surface area contributed by atoms with E-state index in [0.717, 1.165) is 5.92 Å². The second-order valence-corrected chi connectivity index (χ2v) is 5.80. The minimum Gasteiger partial charge on any atom is -0.316 e. The lowest BCUT2D eigenvalue weighted by Gasteiger charge is -2.39. The third-order valence-corrected chi connectivity index (χ3v) is 4.27. The van der Waals surface area contributed by atoms with Gasteiger partial charge in [0.2, 0.25) is 0 Å². The molecule has 0 radical (unpaired) electrons. The second-order valence-electron chi connectivity index (χ2n) is 5.80. The predicted octanol–water partition coefficient (Wildman–Crippen LogP) is 3.35. The van der Waals surface area contributed by atoms with Crippen LogP contribution in [0.3, 0.4) is 0 Å². The fourth-order valence-electron chi connectivity index (χ4n) is 2.93. The van der Waals surface area contributed by atoms with Crippen LogP contribution < -0.4 is 5.32 Å². The van der Waals surface area contributed by atoms with Crippen LogP contribution in [0.1, 0.15) is 58.3 Å². The number of hydrogen-bond donors (Lipinski definition) is 1. The van der Waals surface area contributed by atoms with Crippen molar-refractivity contribution < 1.29 is 0 Å². The molecule has 0 unspecified atom stereocenters. The van der Waals surface area contributed by atoms with Crippen LogP contribution >= 0.6 is 0 Å². The Bertz CT molecular complexity index is 166. The van der Waals surface area contributed by atoms with Crippen molar-refractivity contribution in [3.05, 3.63) is 0 Å². The lowest BCUT2D eigenvalue weighted by molar-refractivity contribution is 0.152. The first-order valence-corrected chi connectivity index (χ1v) is 6.49. The molecule has 0 aromatic carbocycles. The third kappa shape index (κ3) is 2.73. The highest BCUT2D eigenvalue weighted by atomic mass is 14.9. The molecule has 1 N–H and O–H groups in total. The van der Waals surface area contributed by atoms with E-state index in [9.17, 15) is 0 Å². The van der Waals surface area contributed by atoms with Crippen molar-refractivity contribution in [3.63, 3.8) is 0 Å². The number of rotatable bonds is 4. The average molecular weight is 195 g/mol. The molecule has 82 valence electrons. The van der Waals surface area contributed by atoms with Crippen LogP contribution in [0.4, 0.5) is 0 Å². The summed E-state index contributed by atoms with van der Waals surface area (Å²) in [5, 5.41) is 3.70. The summed E-state index contributed by atoms with van der Waals surface area (Å²) in [6.07, 6.45) is 11.7. The van der Waals surface area contributed by atoms with Crippen LogP contribution in [0, 0.1) is 11.3 Å². The zero-order chi connectivity index (χ0) is 9.86. The van der Waals surface area contributed by atoms with Gasteiger partial charge in [-0.05, 0) is 43.6 Å². The maximum atomic E-state index is 3.70. The van der Waals surface area contributed by atoms with Gasteiger partial charge in [-0.1, -0.05) is 32.6 Å². The quantitative estimate of drug-likeness (QED) is 0.725. The zero-order valence-corrected chi connectivity index (χ0v) is 9.65. The van der Waals surface area contributed by atoms with E-state index in [1.54, 1.807) is 0 Å². The summed E-state index contributed by atoms with van der Waals surface area (Å²) in [4.78, 5) is 0. The van der Waals surface area contributed by atoms with Crippen molar-refractivity contribution in [2.45, 2.75) is 58.3 Å². The van der Waals surface area contributed by atoms with Gasteiger partial charge < -0.3 is 5.32 Å². The van der Waals surface area contributed by atoms with E-state index in [-0.39, 0.29) is 0 Å². The molecule has 2 aliphatic carbocycles. The Morgan fingerprint density at radius 3 is 2.36 bits per heavy atom. The maximum absolute atomic E-state index is 3.70. The lowest BCUT2D eigenvalue weighted by Crippen LogP contribution is -2.39. The van der Waals surface area contributed by atoms with Crippen molar-refractivity contribution >= 4 is 0 Å². The molecule has 0 aromatic rings. The predicted molar refractivity (Wildman–Crippen MR) is 61.4 cm³/mol. The molecule has 0 atom stereocenters. The van der Waals surface area contributed by atoms with Gasteiger partial charge in [-0.2, -0.15) is 0 Å². The van der Waals surface area contributed by atoms with E-state index >= 15 is 0 Å². The summed E-state index contributed by atoms with van der Waals surface area (Å²) in [6.45, 7) is 4.99. The highest BCUT2D eigenvalue weighted by molar-refractivity contribution is 4.85. The molecule has 0 heterocycles. The first-order chi connectivity index (χ1) is 6.79. The summed E-state index contributed by atoms with van der Waals surface area (Å²) < 4.78 is 0. The van der Waals surface area contributed by atoms with Crippen LogP contribution in [0.25, 0.3) is 0 Å². The second kappa shape index (κ2) is 4.65. The first-order valence-electron chi connectivity index (χ1n) is 6.49. The molecule has 14 heavy (non-hydrogen) atoms. The maximum Gasteiger partial charge on any atom is 0.000527 e. The standard InChI is InChI=1S/C13H25N/c1-13(8-5-9-13)11-14-10-12-6-3-2-4-7-12/h12,14H,2-11H2,1H3. The summed E-state index contributed by atoms with van der Waals surface area (Å²) in [7, 11) is 0. The molecule has 0 saturated heterocycles. The molecule has 0 aliphatic heterocycles. The smallest absolute Gasteiger partial charge is 0.000527 e. The molecule has 2 saturated carbocycles. The van der Waals surface area contributed by atoms with Gasteiger partial charge in [0, 0.05) is 6.54 Å². The van der Waals surface area contributed by atoms with Crippen molar-refractivity contribution in [3.8, 4) is 0 Å². The Labute approximate surface area is 88.7 Å². The molecule has 2 rings (SSSR count). The number of hydrogen-bond acceptors (Lipinski definition) is 1. The Morgan fingerprint density at radius 1 is 1.07 bits per heavy atom. The molecular weight excluding hydrogens is 170 g/mol. The molecule has 2 fully saturated rings. The van der Waals surface area contributed by atoms with Gasteiger partial charge in [-0.15, -0.1) is 0 Å². The Morgan fingerprint density at radius 2 is 1.79 bits per heavy atom. The third-order valence-electron chi connectivity index (χ3n) is 4.27. The molecule has 0 spiro atoms. The van der Waals surface area contributed by atoms with Crippen molar-refractivity contribution in [1.29, 1.82) is 0 Å². The molecular formula is C13H25N. The van der Waals surface area contributed by atoms with Crippen LogP contribution in [0.2, 0.25) is 0 Å². The fourth-order valence-corrected chi connectivity index (χ4v) is 2.93. The average Bonchev–Trinajstić information content (AvgIpc) is 2.17. The van der Waals surface area contributed by atoms with Gasteiger partial charge in [0.1, 0.15) is 0 Å². The first kappa shape index (κ1) is 10.5. The minimum atomic E-state index is 0.661. The molecule has 0 amide bonds. The Kier molecular flexibility index (Phi) is 3.48. The minimum absolute atomic E-state index is 0.661. The van der Waals surface area contributed by atoms with Gasteiger partial charge in [0.25, 0.3) is 0 Å². The monoisotopic (exact) mass is 195 g/mol. The number of nitrogens with one attached hydrogen (secondary N) is 1. The molecule has 2 aliphatic rings. The highest BCUT2D eigenvalue weighted by Gasteiger charge is 2.31. The van der Waals surface area contributed by atoms with E-state index < -0.39 is 0 Å². The van der Waals surface area contributed by atoms with Crippen LogP contribution in [0.5, 0.6) is 0 Å². The van der Waals surface area contributed by atoms with Gasteiger partial charge in [0.05, 0.1) is 0 Å². The molecule has 0 aromatic heterocycles. The molecule has 1 nitrogen and oxygen atoms in total. The van der Waals surface area contributed by atoms with Gasteiger partial charge in [-0.3, -0.25) is 0 Å². The Balaban J connectivity index is 1.57. The van der Waals surface area contributed by atoms with Gasteiger partial charge >= 0.3 is 0 Å². The fraction of sp³-hybridized carbons (Fsp3) is 1.00.